The van der Waals surface area contributed by atoms with Crippen molar-refractivity contribution in [2.45, 2.75) is 34.6 Å². The molecule has 3 heteroatoms. The monoisotopic (exact) mass is 245 g/mol. The maximum absolute atomic E-state index is 5.46. The Morgan fingerprint density at radius 2 is 1.39 bits per heavy atom. The highest BCUT2D eigenvalue weighted by atomic mass is 14.9. The summed E-state index contributed by atoms with van der Waals surface area (Å²) in [6, 6.07) is 8.14. The molecule has 1 heterocycles. The van der Waals surface area contributed by atoms with E-state index in [2.05, 4.69) is 16.9 Å². The lowest BCUT2D eigenvalue weighted by Gasteiger charge is -2.00. The second-order valence-electron chi connectivity index (χ2n) is 3.19. The van der Waals surface area contributed by atoms with Gasteiger partial charge in [-0.2, -0.15) is 0 Å². The van der Waals surface area contributed by atoms with Gasteiger partial charge in [0.15, 0.2) is 0 Å². The van der Waals surface area contributed by atoms with Gasteiger partial charge in [-0.05, 0) is 6.92 Å². The van der Waals surface area contributed by atoms with Crippen LogP contribution < -0.4 is 5.73 Å². The number of hydrogen-bond donors (Lipinski definition) is 1. The summed E-state index contributed by atoms with van der Waals surface area (Å²) in [6.45, 7) is 10.1. The van der Waals surface area contributed by atoms with Crippen LogP contribution in [0.4, 0.5) is 5.82 Å². The number of nitrogen functional groups attached to an aromatic ring is 1. The van der Waals surface area contributed by atoms with Gasteiger partial charge in [-0.3, -0.25) is 4.98 Å². The molecule has 98 valence electrons. The second-order valence-corrected chi connectivity index (χ2v) is 3.19. The van der Waals surface area contributed by atoms with Crippen molar-refractivity contribution in [3.8, 4) is 11.3 Å². The Labute approximate surface area is 110 Å². The van der Waals surface area contributed by atoms with Gasteiger partial charge in [0.1, 0.15) is 5.82 Å². The van der Waals surface area contributed by atoms with Gasteiger partial charge in [0, 0.05) is 5.56 Å². The predicted molar refractivity (Wildman–Crippen MR) is 79.3 cm³/mol. The molecule has 0 aliphatic rings. The lowest BCUT2D eigenvalue weighted by atomic mass is 10.1. The van der Waals surface area contributed by atoms with Crippen molar-refractivity contribution in [2.75, 3.05) is 5.73 Å². The summed E-state index contributed by atoms with van der Waals surface area (Å²) in [7, 11) is 0. The molecule has 2 rings (SSSR count). The highest BCUT2D eigenvalue weighted by Gasteiger charge is 1.98. The maximum atomic E-state index is 5.46. The molecule has 18 heavy (non-hydrogen) atoms. The van der Waals surface area contributed by atoms with E-state index in [1.54, 1.807) is 12.4 Å². The van der Waals surface area contributed by atoms with Crippen LogP contribution in [-0.2, 0) is 0 Å². The summed E-state index contributed by atoms with van der Waals surface area (Å²) in [6.07, 6.45) is 3.25. The number of hydrogen-bond acceptors (Lipinski definition) is 3. The lowest BCUT2D eigenvalue weighted by Crippen LogP contribution is -1.92. The first-order valence-corrected chi connectivity index (χ1v) is 6.40. The van der Waals surface area contributed by atoms with Crippen LogP contribution in [0.2, 0.25) is 0 Å². The predicted octanol–water partition coefficient (Wildman–Crippen LogP) is 4.09. The Bertz CT molecular complexity index is 375. The molecule has 0 aliphatic heterocycles. The molecule has 0 bridgehead atoms. The van der Waals surface area contributed by atoms with Crippen LogP contribution in [0.5, 0.6) is 0 Å². The molecular weight excluding hydrogens is 222 g/mol. The third-order valence-electron chi connectivity index (χ3n) is 2.02. The number of aryl methyl sites for hydroxylation is 1. The van der Waals surface area contributed by atoms with E-state index >= 15 is 0 Å². The van der Waals surface area contributed by atoms with E-state index in [0.717, 1.165) is 11.3 Å². The highest BCUT2D eigenvalue weighted by molar-refractivity contribution is 5.58. The van der Waals surface area contributed by atoms with Crippen molar-refractivity contribution in [1.29, 1.82) is 0 Å². The summed E-state index contributed by atoms with van der Waals surface area (Å²) in [5.41, 5.74) is 8.59. The fraction of sp³-hybridized carbons (Fsp3) is 0.333. The number of benzene rings is 1. The van der Waals surface area contributed by atoms with E-state index in [1.807, 2.05) is 52.0 Å². The quantitative estimate of drug-likeness (QED) is 0.823. The van der Waals surface area contributed by atoms with Gasteiger partial charge < -0.3 is 5.73 Å². The number of rotatable bonds is 1. The smallest absolute Gasteiger partial charge is 0.141 e. The van der Waals surface area contributed by atoms with E-state index in [9.17, 15) is 0 Å². The summed E-state index contributed by atoms with van der Waals surface area (Å²) < 4.78 is 0. The van der Waals surface area contributed by atoms with Crippen molar-refractivity contribution >= 4 is 5.82 Å². The van der Waals surface area contributed by atoms with Gasteiger partial charge in [0.25, 0.3) is 0 Å². The summed E-state index contributed by atoms with van der Waals surface area (Å²) in [5, 5.41) is 0. The molecule has 3 nitrogen and oxygen atoms in total. The molecule has 1 aromatic heterocycles. The van der Waals surface area contributed by atoms with Crippen molar-refractivity contribution < 1.29 is 0 Å². The van der Waals surface area contributed by atoms with E-state index in [0.29, 0.717) is 5.82 Å². The molecule has 0 saturated heterocycles. The van der Waals surface area contributed by atoms with Crippen LogP contribution in [-0.4, -0.2) is 9.97 Å². The van der Waals surface area contributed by atoms with Gasteiger partial charge in [-0.15, -0.1) is 0 Å². The SMILES string of the molecule is CC.CC.Cc1ccc(-c2cnc(N)cn2)cc1. The lowest BCUT2D eigenvalue weighted by molar-refractivity contribution is 1.21. The zero-order valence-corrected chi connectivity index (χ0v) is 11.9. The fourth-order valence-electron chi connectivity index (χ4n) is 1.21. The molecule has 0 amide bonds. The molecule has 0 spiro atoms. The third-order valence-corrected chi connectivity index (χ3v) is 2.02. The topological polar surface area (TPSA) is 51.8 Å². The Morgan fingerprint density at radius 3 is 1.83 bits per heavy atom. The molecule has 1 aromatic carbocycles. The Hall–Kier alpha value is -1.90. The summed E-state index contributed by atoms with van der Waals surface area (Å²) in [4.78, 5) is 8.18. The number of aromatic nitrogens is 2. The van der Waals surface area contributed by atoms with Gasteiger partial charge in [0.2, 0.25) is 0 Å². The van der Waals surface area contributed by atoms with Gasteiger partial charge >= 0.3 is 0 Å². The minimum Gasteiger partial charge on any atom is -0.382 e. The van der Waals surface area contributed by atoms with Crippen LogP contribution in [0.25, 0.3) is 11.3 Å². The van der Waals surface area contributed by atoms with Crippen molar-refractivity contribution in [2.24, 2.45) is 0 Å². The summed E-state index contributed by atoms with van der Waals surface area (Å²) >= 11 is 0. The molecule has 0 atom stereocenters. The maximum Gasteiger partial charge on any atom is 0.141 e. The van der Waals surface area contributed by atoms with Crippen LogP contribution in [0.15, 0.2) is 36.7 Å². The first-order chi connectivity index (χ1) is 8.75. The fourth-order valence-corrected chi connectivity index (χ4v) is 1.21. The average Bonchev–Trinajstić information content (AvgIpc) is 2.45. The molecule has 0 saturated carbocycles. The largest absolute Gasteiger partial charge is 0.382 e. The zero-order chi connectivity index (χ0) is 14.0. The minimum absolute atomic E-state index is 0.445. The zero-order valence-electron chi connectivity index (χ0n) is 11.9. The molecule has 0 unspecified atom stereocenters. The van der Waals surface area contributed by atoms with Crippen LogP contribution in [0, 0.1) is 6.92 Å². The van der Waals surface area contributed by atoms with Gasteiger partial charge in [-0.25, -0.2) is 4.98 Å². The Kier molecular flexibility index (Phi) is 8.20. The van der Waals surface area contributed by atoms with Crippen LogP contribution >= 0.6 is 0 Å². The first-order valence-electron chi connectivity index (χ1n) is 6.40. The number of nitrogens with zero attached hydrogens (tertiary/aromatic N) is 2. The second kappa shape index (κ2) is 9.16. The first kappa shape index (κ1) is 16.1. The average molecular weight is 245 g/mol. The van der Waals surface area contributed by atoms with E-state index in [4.69, 9.17) is 5.73 Å². The third kappa shape index (κ3) is 4.95. The number of nitrogens with two attached hydrogens (primary N) is 1. The van der Waals surface area contributed by atoms with E-state index < -0.39 is 0 Å². The Balaban J connectivity index is 0.000000659. The molecule has 0 aliphatic carbocycles. The molecule has 0 radical (unpaired) electrons. The van der Waals surface area contributed by atoms with E-state index in [-0.39, 0.29) is 0 Å². The van der Waals surface area contributed by atoms with E-state index in [1.165, 1.54) is 5.56 Å². The summed E-state index contributed by atoms with van der Waals surface area (Å²) in [5.74, 6) is 0.445. The van der Waals surface area contributed by atoms with Gasteiger partial charge in [-0.1, -0.05) is 57.5 Å². The normalized spacial score (nSPS) is 8.50. The molecule has 2 aromatic rings. The standard InChI is InChI=1S/C11H11N3.2C2H6/c1-8-2-4-9(5-3-8)10-6-14-11(12)7-13-10;2*1-2/h2-7H,1H3,(H2,12,14);2*1-2H3. The van der Waals surface area contributed by atoms with Crippen LogP contribution in [0.3, 0.4) is 0 Å². The minimum atomic E-state index is 0.445. The Morgan fingerprint density at radius 1 is 0.833 bits per heavy atom. The van der Waals surface area contributed by atoms with Crippen LogP contribution in [0.1, 0.15) is 33.3 Å². The van der Waals surface area contributed by atoms with Crippen molar-refractivity contribution in [3.63, 3.8) is 0 Å². The van der Waals surface area contributed by atoms with Crippen molar-refractivity contribution in [3.05, 3.63) is 42.2 Å². The molecule has 2 N–H and O–H groups in total. The molecular formula is C15H23N3. The number of anilines is 1. The molecule has 0 fully saturated rings. The van der Waals surface area contributed by atoms with Crippen molar-refractivity contribution in [1.82, 2.24) is 9.97 Å². The van der Waals surface area contributed by atoms with Gasteiger partial charge in [0.05, 0.1) is 18.1 Å². The highest BCUT2D eigenvalue weighted by Crippen LogP contribution is 2.16.